The van der Waals surface area contributed by atoms with Gasteiger partial charge in [0.1, 0.15) is 5.15 Å². The van der Waals surface area contributed by atoms with E-state index in [1.807, 2.05) is 0 Å². The molecule has 1 heterocycles. The van der Waals surface area contributed by atoms with Gasteiger partial charge in [-0.1, -0.05) is 29.3 Å². The highest BCUT2D eigenvalue weighted by molar-refractivity contribution is 6.41. The number of carbonyl (C=O) groups excluding carboxylic acids is 1. The lowest BCUT2D eigenvalue weighted by Gasteiger charge is -2.17. The predicted molar refractivity (Wildman–Crippen MR) is 76.4 cm³/mol. The average molecular weight is 331 g/mol. The first-order valence-corrected chi connectivity index (χ1v) is 6.64. The second-order valence-electron chi connectivity index (χ2n) is 4.41. The molecule has 1 aromatic heterocycles. The van der Waals surface area contributed by atoms with Gasteiger partial charge in [-0.15, -0.1) is 0 Å². The highest BCUT2D eigenvalue weighted by Crippen LogP contribution is 2.20. The molecule has 1 amide bonds. The van der Waals surface area contributed by atoms with E-state index in [2.05, 4.69) is 4.98 Å². The summed E-state index contributed by atoms with van der Waals surface area (Å²) < 4.78 is 26.0. The summed E-state index contributed by atoms with van der Waals surface area (Å²) in [5.74, 6) is -2.24. The van der Waals surface area contributed by atoms with E-state index >= 15 is 0 Å². The van der Waals surface area contributed by atoms with Gasteiger partial charge in [-0.2, -0.15) is 0 Å². The molecule has 7 heteroatoms. The summed E-state index contributed by atoms with van der Waals surface area (Å²) in [7, 11) is 1.53. The van der Waals surface area contributed by atoms with Crippen LogP contribution in [0.1, 0.15) is 15.9 Å². The second kappa shape index (κ2) is 6.37. The van der Waals surface area contributed by atoms with Gasteiger partial charge in [0.05, 0.1) is 10.6 Å². The van der Waals surface area contributed by atoms with Gasteiger partial charge >= 0.3 is 0 Å². The Morgan fingerprint density at radius 1 is 1.24 bits per heavy atom. The van der Waals surface area contributed by atoms with E-state index in [9.17, 15) is 13.6 Å². The van der Waals surface area contributed by atoms with Crippen LogP contribution in [0.15, 0.2) is 30.5 Å². The predicted octanol–water partition coefficient (Wildman–Crippen LogP) is 3.94. The first-order chi connectivity index (χ1) is 9.88. The summed E-state index contributed by atoms with van der Waals surface area (Å²) in [5, 5.41) is 0.278. The molecule has 0 saturated carbocycles. The van der Waals surface area contributed by atoms with Gasteiger partial charge in [-0.25, -0.2) is 13.8 Å². The molecular weight excluding hydrogens is 321 g/mol. The van der Waals surface area contributed by atoms with Crippen LogP contribution in [0.2, 0.25) is 10.2 Å². The summed E-state index contributed by atoms with van der Waals surface area (Å²) >= 11 is 11.5. The zero-order valence-corrected chi connectivity index (χ0v) is 12.4. The minimum Gasteiger partial charge on any atom is -0.337 e. The standard InChI is InChI=1S/C14H10Cl2F2N2O/c1-20(7-8-2-3-11(17)12(18)4-8)14(21)9-5-10(15)13(16)19-6-9/h2-6H,7H2,1H3. The molecule has 0 N–H and O–H groups in total. The topological polar surface area (TPSA) is 33.2 Å². The Labute approximate surface area is 130 Å². The first kappa shape index (κ1) is 15.7. The first-order valence-electron chi connectivity index (χ1n) is 5.89. The van der Waals surface area contributed by atoms with Crippen molar-refractivity contribution in [2.75, 3.05) is 7.05 Å². The van der Waals surface area contributed by atoms with Gasteiger partial charge in [-0.05, 0) is 23.8 Å². The van der Waals surface area contributed by atoms with Crippen molar-refractivity contribution in [3.05, 3.63) is 63.4 Å². The number of amides is 1. The molecule has 110 valence electrons. The molecule has 0 unspecified atom stereocenters. The van der Waals surface area contributed by atoms with E-state index < -0.39 is 11.6 Å². The van der Waals surface area contributed by atoms with Crippen molar-refractivity contribution in [3.8, 4) is 0 Å². The summed E-state index contributed by atoms with van der Waals surface area (Å²) in [6, 6.07) is 4.88. The Bertz CT molecular complexity index is 695. The van der Waals surface area contributed by atoms with E-state index in [1.165, 1.54) is 30.3 Å². The normalized spacial score (nSPS) is 10.5. The largest absolute Gasteiger partial charge is 0.337 e. The van der Waals surface area contributed by atoms with Crippen molar-refractivity contribution in [3.63, 3.8) is 0 Å². The van der Waals surface area contributed by atoms with Crippen molar-refractivity contribution in [1.29, 1.82) is 0 Å². The fraction of sp³-hybridized carbons (Fsp3) is 0.143. The number of nitrogens with zero attached hydrogens (tertiary/aromatic N) is 2. The summed E-state index contributed by atoms with van der Waals surface area (Å²) in [6.07, 6.45) is 1.30. The van der Waals surface area contributed by atoms with E-state index in [1.54, 1.807) is 0 Å². The number of rotatable bonds is 3. The number of carbonyl (C=O) groups is 1. The van der Waals surface area contributed by atoms with Gasteiger partial charge in [-0.3, -0.25) is 4.79 Å². The lowest BCUT2D eigenvalue weighted by molar-refractivity contribution is 0.0784. The fourth-order valence-electron chi connectivity index (χ4n) is 1.74. The minimum atomic E-state index is -0.954. The molecule has 0 radical (unpaired) electrons. The SMILES string of the molecule is CN(Cc1ccc(F)c(F)c1)C(=O)c1cnc(Cl)c(Cl)c1. The maximum atomic E-state index is 13.1. The van der Waals surface area contributed by atoms with Crippen LogP contribution in [-0.2, 0) is 6.54 Å². The van der Waals surface area contributed by atoms with Crippen LogP contribution < -0.4 is 0 Å². The Balaban J connectivity index is 2.15. The summed E-state index contributed by atoms with van der Waals surface area (Å²) in [6.45, 7) is 0.121. The van der Waals surface area contributed by atoms with Gasteiger partial charge in [0.2, 0.25) is 0 Å². The maximum Gasteiger partial charge on any atom is 0.255 e. The van der Waals surface area contributed by atoms with Crippen LogP contribution in [0.4, 0.5) is 8.78 Å². The zero-order chi connectivity index (χ0) is 15.6. The lowest BCUT2D eigenvalue weighted by Crippen LogP contribution is -2.26. The zero-order valence-electron chi connectivity index (χ0n) is 10.9. The molecular formula is C14H10Cl2F2N2O. The third kappa shape index (κ3) is 3.68. The Morgan fingerprint density at radius 3 is 2.57 bits per heavy atom. The fourth-order valence-corrected chi connectivity index (χ4v) is 2.01. The molecule has 21 heavy (non-hydrogen) atoms. The number of pyridine rings is 1. The quantitative estimate of drug-likeness (QED) is 0.798. The average Bonchev–Trinajstić information content (AvgIpc) is 2.45. The third-order valence-corrected chi connectivity index (χ3v) is 3.48. The Kier molecular flexibility index (Phi) is 4.75. The van der Waals surface area contributed by atoms with Gasteiger partial charge in [0.15, 0.2) is 11.6 Å². The van der Waals surface area contributed by atoms with Crippen molar-refractivity contribution < 1.29 is 13.6 Å². The molecule has 0 fully saturated rings. The van der Waals surface area contributed by atoms with Gasteiger partial charge in [0.25, 0.3) is 5.91 Å². The smallest absolute Gasteiger partial charge is 0.255 e. The summed E-state index contributed by atoms with van der Waals surface area (Å²) in [4.78, 5) is 17.3. The van der Waals surface area contributed by atoms with E-state index in [4.69, 9.17) is 23.2 Å². The van der Waals surface area contributed by atoms with Crippen LogP contribution in [0, 0.1) is 11.6 Å². The molecule has 3 nitrogen and oxygen atoms in total. The highest BCUT2D eigenvalue weighted by atomic mass is 35.5. The van der Waals surface area contributed by atoms with Crippen LogP contribution in [0.3, 0.4) is 0 Å². The molecule has 0 aliphatic carbocycles. The van der Waals surface area contributed by atoms with Crippen molar-refractivity contribution in [2.24, 2.45) is 0 Å². The third-order valence-electron chi connectivity index (χ3n) is 2.79. The molecule has 2 rings (SSSR count). The summed E-state index contributed by atoms with van der Waals surface area (Å²) in [5.41, 5.74) is 0.729. The molecule has 1 aromatic carbocycles. The van der Waals surface area contributed by atoms with E-state index in [0.717, 1.165) is 12.1 Å². The molecule has 0 spiro atoms. The lowest BCUT2D eigenvalue weighted by atomic mass is 10.2. The highest BCUT2D eigenvalue weighted by Gasteiger charge is 2.15. The molecule has 0 saturated heterocycles. The van der Waals surface area contributed by atoms with Crippen LogP contribution >= 0.6 is 23.2 Å². The van der Waals surface area contributed by atoms with Crippen LogP contribution in [0.25, 0.3) is 0 Å². The van der Waals surface area contributed by atoms with Crippen molar-refractivity contribution in [1.82, 2.24) is 9.88 Å². The number of aromatic nitrogens is 1. The van der Waals surface area contributed by atoms with Gasteiger partial charge < -0.3 is 4.90 Å². The van der Waals surface area contributed by atoms with Gasteiger partial charge in [0, 0.05) is 19.8 Å². The maximum absolute atomic E-state index is 13.1. The Hall–Kier alpha value is -1.72. The van der Waals surface area contributed by atoms with Crippen molar-refractivity contribution in [2.45, 2.75) is 6.54 Å². The molecule has 0 atom stereocenters. The number of halogens is 4. The van der Waals surface area contributed by atoms with Crippen LogP contribution in [-0.4, -0.2) is 22.8 Å². The minimum absolute atomic E-state index is 0.108. The van der Waals surface area contributed by atoms with E-state index in [0.29, 0.717) is 5.56 Å². The molecule has 0 bridgehead atoms. The van der Waals surface area contributed by atoms with Crippen molar-refractivity contribution >= 4 is 29.1 Å². The molecule has 0 aliphatic rings. The Morgan fingerprint density at radius 2 is 1.95 bits per heavy atom. The van der Waals surface area contributed by atoms with Crippen LogP contribution in [0.5, 0.6) is 0 Å². The molecule has 2 aromatic rings. The second-order valence-corrected chi connectivity index (χ2v) is 5.17. The number of hydrogen-bond donors (Lipinski definition) is 0. The number of benzene rings is 1. The van der Waals surface area contributed by atoms with E-state index in [-0.39, 0.29) is 28.2 Å². The number of hydrogen-bond acceptors (Lipinski definition) is 2. The molecule has 0 aliphatic heterocycles. The monoisotopic (exact) mass is 330 g/mol.